The SMILES string of the molecule is CNCCCP(=O)(OC)OC. The molecule has 0 aromatic carbocycles. The third-order valence-electron chi connectivity index (χ3n) is 1.42. The Kier molecular flexibility index (Phi) is 5.78. The molecule has 0 aliphatic heterocycles. The van der Waals surface area contributed by atoms with Crippen LogP contribution in [0.15, 0.2) is 0 Å². The zero-order valence-electron chi connectivity index (χ0n) is 7.29. The molecule has 0 fully saturated rings. The molecule has 5 heteroatoms. The molecule has 11 heavy (non-hydrogen) atoms. The number of rotatable bonds is 6. The van der Waals surface area contributed by atoms with Crippen molar-refractivity contribution in [2.75, 3.05) is 34.0 Å². The molecule has 0 spiro atoms. The van der Waals surface area contributed by atoms with Gasteiger partial charge in [-0.3, -0.25) is 4.57 Å². The summed E-state index contributed by atoms with van der Waals surface area (Å²) in [6.07, 6.45) is 1.27. The lowest BCUT2D eigenvalue weighted by atomic mass is 10.5. The summed E-state index contributed by atoms with van der Waals surface area (Å²) in [7, 11) is 1.91. The van der Waals surface area contributed by atoms with Crippen LogP contribution >= 0.6 is 7.60 Å². The number of hydrogen-bond acceptors (Lipinski definition) is 4. The molecule has 0 aromatic rings. The predicted octanol–water partition coefficient (Wildman–Crippen LogP) is 1.08. The summed E-state index contributed by atoms with van der Waals surface area (Å²) in [6.45, 7) is 0.830. The summed E-state index contributed by atoms with van der Waals surface area (Å²) < 4.78 is 20.8. The summed E-state index contributed by atoms with van der Waals surface area (Å²) in [4.78, 5) is 0. The molecule has 0 atom stereocenters. The molecule has 0 rings (SSSR count). The molecular formula is C6H16NO3P. The van der Waals surface area contributed by atoms with E-state index in [1.165, 1.54) is 14.2 Å². The topological polar surface area (TPSA) is 47.6 Å². The van der Waals surface area contributed by atoms with Gasteiger partial charge >= 0.3 is 7.60 Å². The molecule has 0 radical (unpaired) electrons. The van der Waals surface area contributed by atoms with E-state index in [1.807, 2.05) is 7.05 Å². The molecule has 4 nitrogen and oxygen atoms in total. The van der Waals surface area contributed by atoms with Gasteiger partial charge < -0.3 is 14.4 Å². The van der Waals surface area contributed by atoms with Crippen molar-refractivity contribution in [1.29, 1.82) is 0 Å². The Morgan fingerprint density at radius 3 is 2.27 bits per heavy atom. The molecule has 1 N–H and O–H groups in total. The summed E-state index contributed by atoms with van der Waals surface area (Å²) in [5, 5.41) is 2.96. The largest absolute Gasteiger partial charge is 0.330 e. The smallest absolute Gasteiger partial charge is 0.320 e. The second-order valence-electron chi connectivity index (χ2n) is 2.16. The van der Waals surface area contributed by atoms with E-state index in [1.54, 1.807) is 0 Å². The van der Waals surface area contributed by atoms with E-state index in [9.17, 15) is 4.57 Å². The van der Waals surface area contributed by atoms with Crippen molar-refractivity contribution in [2.24, 2.45) is 0 Å². The maximum absolute atomic E-state index is 11.4. The van der Waals surface area contributed by atoms with Gasteiger partial charge in [0.25, 0.3) is 0 Å². The van der Waals surface area contributed by atoms with Gasteiger partial charge in [-0.05, 0) is 20.0 Å². The zero-order chi connectivity index (χ0) is 8.74. The maximum atomic E-state index is 11.4. The summed E-state index contributed by atoms with van der Waals surface area (Å²) >= 11 is 0. The molecule has 0 saturated carbocycles. The minimum atomic E-state index is -2.75. The maximum Gasteiger partial charge on any atom is 0.330 e. The summed E-state index contributed by atoms with van der Waals surface area (Å²) in [5.74, 6) is 0. The van der Waals surface area contributed by atoms with Crippen LogP contribution in [-0.4, -0.2) is 34.0 Å². The lowest BCUT2D eigenvalue weighted by Crippen LogP contribution is -2.09. The van der Waals surface area contributed by atoms with E-state index >= 15 is 0 Å². The Morgan fingerprint density at radius 2 is 1.91 bits per heavy atom. The molecule has 0 saturated heterocycles. The second-order valence-corrected chi connectivity index (χ2v) is 4.56. The summed E-state index contributed by atoms with van der Waals surface area (Å²) in [5.41, 5.74) is 0. The molecule has 0 bridgehead atoms. The monoisotopic (exact) mass is 181 g/mol. The van der Waals surface area contributed by atoms with Crippen molar-refractivity contribution in [2.45, 2.75) is 6.42 Å². The third-order valence-corrected chi connectivity index (χ3v) is 3.39. The van der Waals surface area contributed by atoms with Crippen LogP contribution in [0.1, 0.15) is 6.42 Å². The standard InChI is InChI=1S/C6H16NO3P/c1-7-5-4-6-11(8,9-2)10-3/h7H,4-6H2,1-3H3. The Bertz CT molecular complexity index is 132. The molecule has 68 valence electrons. The highest BCUT2D eigenvalue weighted by molar-refractivity contribution is 7.53. The number of hydrogen-bond donors (Lipinski definition) is 1. The van der Waals surface area contributed by atoms with Crippen LogP contribution in [0.3, 0.4) is 0 Å². The normalized spacial score (nSPS) is 11.9. The average Bonchev–Trinajstić information content (AvgIpc) is 2.05. The number of nitrogens with one attached hydrogen (secondary N) is 1. The molecular weight excluding hydrogens is 165 g/mol. The van der Waals surface area contributed by atoms with E-state index in [0.29, 0.717) is 6.16 Å². The van der Waals surface area contributed by atoms with Crippen molar-refractivity contribution >= 4 is 7.60 Å². The van der Waals surface area contributed by atoms with Crippen LogP contribution in [0.4, 0.5) is 0 Å². The van der Waals surface area contributed by atoms with Crippen LogP contribution < -0.4 is 5.32 Å². The molecule has 0 aromatic heterocycles. The van der Waals surface area contributed by atoms with E-state index in [4.69, 9.17) is 9.05 Å². The first-order valence-corrected chi connectivity index (χ1v) is 5.26. The zero-order valence-corrected chi connectivity index (χ0v) is 8.19. The first-order valence-electron chi connectivity index (χ1n) is 3.53. The van der Waals surface area contributed by atoms with Gasteiger partial charge in [-0.25, -0.2) is 0 Å². The van der Waals surface area contributed by atoms with Crippen molar-refractivity contribution in [1.82, 2.24) is 5.32 Å². The van der Waals surface area contributed by atoms with Crippen LogP contribution in [-0.2, 0) is 13.6 Å². The lowest BCUT2D eigenvalue weighted by molar-refractivity contribution is 0.275. The van der Waals surface area contributed by atoms with E-state index < -0.39 is 7.60 Å². The minimum absolute atomic E-state index is 0.473. The highest BCUT2D eigenvalue weighted by atomic mass is 31.2. The molecule has 0 aliphatic rings. The Hall–Kier alpha value is 0.110. The average molecular weight is 181 g/mol. The van der Waals surface area contributed by atoms with Gasteiger partial charge in [-0.15, -0.1) is 0 Å². The fourth-order valence-electron chi connectivity index (χ4n) is 0.707. The third kappa shape index (κ3) is 4.53. The van der Waals surface area contributed by atoms with Crippen molar-refractivity contribution in [3.8, 4) is 0 Å². The van der Waals surface area contributed by atoms with Crippen molar-refractivity contribution in [3.63, 3.8) is 0 Å². The molecule has 0 unspecified atom stereocenters. The highest BCUT2D eigenvalue weighted by Crippen LogP contribution is 2.46. The van der Waals surface area contributed by atoms with Crippen molar-refractivity contribution < 1.29 is 13.6 Å². The van der Waals surface area contributed by atoms with Crippen molar-refractivity contribution in [3.05, 3.63) is 0 Å². The summed E-state index contributed by atoms with van der Waals surface area (Å²) in [6, 6.07) is 0. The van der Waals surface area contributed by atoms with E-state index in [-0.39, 0.29) is 0 Å². The predicted molar refractivity (Wildman–Crippen MR) is 45.0 cm³/mol. The fraction of sp³-hybridized carbons (Fsp3) is 1.00. The van der Waals surface area contributed by atoms with Gasteiger partial charge in [0.05, 0.1) is 6.16 Å². The second kappa shape index (κ2) is 5.72. The van der Waals surface area contributed by atoms with Crippen LogP contribution in [0.25, 0.3) is 0 Å². The van der Waals surface area contributed by atoms with Crippen LogP contribution in [0, 0.1) is 0 Å². The minimum Gasteiger partial charge on any atom is -0.320 e. The van der Waals surface area contributed by atoms with Gasteiger partial charge in [-0.2, -0.15) is 0 Å². The first kappa shape index (κ1) is 11.1. The first-order chi connectivity index (χ1) is 5.18. The highest BCUT2D eigenvalue weighted by Gasteiger charge is 2.19. The van der Waals surface area contributed by atoms with Gasteiger partial charge in [0.2, 0.25) is 0 Å². The Morgan fingerprint density at radius 1 is 1.36 bits per heavy atom. The quantitative estimate of drug-likeness (QED) is 0.492. The van der Waals surface area contributed by atoms with Gasteiger partial charge in [0.15, 0.2) is 0 Å². The van der Waals surface area contributed by atoms with E-state index in [2.05, 4.69) is 5.32 Å². The Balaban J connectivity index is 3.61. The molecule has 0 heterocycles. The van der Waals surface area contributed by atoms with Gasteiger partial charge in [0.1, 0.15) is 0 Å². The molecule has 0 amide bonds. The fourth-order valence-corrected chi connectivity index (χ4v) is 1.77. The van der Waals surface area contributed by atoms with Gasteiger partial charge in [0, 0.05) is 14.2 Å². The Labute approximate surface area is 67.8 Å². The van der Waals surface area contributed by atoms with Gasteiger partial charge in [-0.1, -0.05) is 0 Å². The van der Waals surface area contributed by atoms with Crippen LogP contribution in [0.5, 0.6) is 0 Å². The van der Waals surface area contributed by atoms with Crippen LogP contribution in [0.2, 0.25) is 0 Å². The molecule has 0 aliphatic carbocycles. The van der Waals surface area contributed by atoms with E-state index in [0.717, 1.165) is 13.0 Å². The lowest BCUT2D eigenvalue weighted by Gasteiger charge is -2.12.